The van der Waals surface area contributed by atoms with E-state index < -0.39 is 11.7 Å². The first-order chi connectivity index (χ1) is 15.5. The van der Waals surface area contributed by atoms with Gasteiger partial charge in [0.25, 0.3) is 11.7 Å². The van der Waals surface area contributed by atoms with Crippen molar-refractivity contribution in [2.24, 2.45) is 5.92 Å². The maximum absolute atomic E-state index is 11.9. The predicted molar refractivity (Wildman–Crippen MR) is 115 cm³/mol. The smallest absolute Gasteiger partial charge is 0.296 e. The van der Waals surface area contributed by atoms with Crippen molar-refractivity contribution in [2.75, 3.05) is 11.9 Å². The van der Waals surface area contributed by atoms with Crippen LogP contribution in [0, 0.1) is 5.92 Å². The van der Waals surface area contributed by atoms with Crippen LogP contribution in [0.25, 0.3) is 22.3 Å². The van der Waals surface area contributed by atoms with Crippen molar-refractivity contribution in [1.29, 1.82) is 0 Å². The first-order valence-corrected chi connectivity index (χ1v) is 10.8. The molecule has 1 unspecified atom stereocenters. The first kappa shape index (κ1) is 19.0. The molecule has 0 spiro atoms. The van der Waals surface area contributed by atoms with Gasteiger partial charge in [-0.2, -0.15) is 0 Å². The van der Waals surface area contributed by atoms with Gasteiger partial charge in [-0.15, -0.1) is 0 Å². The summed E-state index contributed by atoms with van der Waals surface area (Å²) in [5.41, 5.74) is 3.85. The van der Waals surface area contributed by atoms with Crippen LogP contribution in [-0.4, -0.2) is 44.8 Å². The molecule has 1 aromatic carbocycles. The molecule has 0 bridgehead atoms. The number of anilines is 1. The van der Waals surface area contributed by atoms with E-state index in [0.717, 1.165) is 29.4 Å². The highest BCUT2D eigenvalue weighted by molar-refractivity contribution is 6.51. The van der Waals surface area contributed by atoms with Crippen LogP contribution in [0.1, 0.15) is 42.6 Å². The van der Waals surface area contributed by atoms with E-state index in [-0.39, 0.29) is 17.9 Å². The summed E-state index contributed by atoms with van der Waals surface area (Å²) in [7, 11) is 0. The highest BCUT2D eigenvalue weighted by Crippen LogP contribution is 2.41. The number of aromatic nitrogens is 3. The van der Waals surface area contributed by atoms with Gasteiger partial charge in [-0.25, -0.2) is 9.97 Å². The van der Waals surface area contributed by atoms with Crippen LogP contribution in [0.2, 0.25) is 0 Å². The van der Waals surface area contributed by atoms with E-state index in [9.17, 15) is 14.4 Å². The molecule has 9 nitrogen and oxygen atoms in total. The van der Waals surface area contributed by atoms with E-state index in [1.165, 1.54) is 0 Å². The molecule has 2 atom stereocenters. The van der Waals surface area contributed by atoms with Crippen LogP contribution in [0.15, 0.2) is 30.6 Å². The lowest BCUT2D eigenvalue weighted by Gasteiger charge is -2.20. The van der Waals surface area contributed by atoms with Gasteiger partial charge in [0.05, 0.1) is 28.8 Å². The third-order valence-electron chi connectivity index (χ3n) is 6.45. The molecule has 6 rings (SSSR count). The quantitative estimate of drug-likeness (QED) is 0.600. The molecule has 2 N–H and O–H groups in total. The van der Waals surface area contributed by atoms with Gasteiger partial charge in [-0.05, 0) is 38.0 Å². The second kappa shape index (κ2) is 6.88. The maximum Gasteiger partial charge on any atom is 0.296 e. The van der Waals surface area contributed by atoms with E-state index in [1.807, 2.05) is 19.3 Å². The molecule has 9 heteroatoms. The third-order valence-corrected chi connectivity index (χ3v) is 6.45. The molecule has 1 saturated heterocycles. The average Bonchev–Trinajstić information content (AvgIpc) is 3.26. The number of nitrogens with zero attached hydrogens (tertiary/aromatic N) is 3. The number of Topliss-reactive ketones (excluding diaryl/α,β-unsaturated/α-hetero) is 1. The van der Waals surface area contributed by atoms with Gasteiger partial charge in [-0.3, -0.25) is 14.4 Å². The van der Waals surface area contributed by atoms with Crippen molar-refractivity contribution >= 4 is 34.3 Å². The van der Waals surface area contributed by atoms with E-state index in [4.69, 9.17) is 9.72 Å². The number of ketones is 1. The Morgan fingerprint density at radius 1 is 1.19 bits per heavy atom. The van der Waals surface area contributed by atoms with Gasteiger partial charge in [0, 0.05) is 30.5 Å². The number of rotatable bonds is 5. The SMILES string of the molecule is C[C@@H](Oc1nc(-c2ccc3c(c2)NC(=O)C3=O)cc2ncn(C3CC3)c12)C1CNC(=O)C1. The van der Waals surface area contributed by atoms with Crippen molar-refractivity contribution in [1.82, 2.24) is 19.9 Å². The number of carbonyl (C=O) groups is 3. The number of fused-ring (bicyclic) bond motifs is 2. The van der Waals surface area contributed by atoms with Crippen LogP contribution < -0.4 is 15.4 Å². The largest absolute Gasteiger partial charge is 0.473 e. The Bertz CT molecular complexity index is 1310. The summed E-state index contributed by atoms with van der Waals surface area (Å²) in [4.78, 5) is 44.7. The number of benzene rings is 1. The van der Waals surface area contributed by atoms with Gasteiger partial charge in [0.15, 0.2) is 0 Å². The average molecular weight is 431 g/mol. The minimum Gasteiger partial charge on any atom is -0.473 e. The zero-order valence-electron chi connectivity index (χ0n) is 17.4. The Morgan fingerprint density at radius 3 is 2.78 bits per heavy atom. The third kappa shape index (κ3) is 3.04. The minimum atomic E-state index is -0.624. The van der Waals surface area contributed by atoms with Crippen molar-refractivity contribution in [2.45, 2.75) is 38.3 Å². The minimum absolute atomic E-state index is 0.0371. The van der Waals surface area contributed by atoms with Gasteiger partial charge < -0.3 is 19.9 Å². The Hall–Kier alpha value is -3.75. The Morgan fingerprint density at radius 2 is 2.03 bits per heavy atom. The van der Waals surface area contributed by atoms with Crippen molar-refractivity contribution in [3.8, 4) is 17.1 Å². The van der Waals surface area contributed by atoms with Gasteiger partial charge >= 0.3 is 0 Å². The zero-order valence-corrected chi connectivity index (χ0v) is 17.4. The predicted octanol–water partition coefficient (Wildman–Crippen LogP) is 2.47. The summed E-state index contributed by atoms with van der Waals surface area (Å²) in [6, 6.07) is 7.46. The summed E-state index contributed by atoms with van der Waals surface area (Å²) in [6.45, 7) is 2.54. The maximum atomic E-state index is 11.9. The fraction of sp³-hybridized carbons (Fsp3) is 0.348. The zero-order chi connectivity index (χ0) is 22.0. The summed E-state index contributed by atoms with van der Waals surface area (Å²) in [5.74, 6) is -0.567. The fourth-order valence-corrected chi connectivity index (χ4v) is 4.42. The number of ether oxygens (including phenoxy) is 1. The number of hydrogen-bond donors (Lipinski definition) is 2. The monoisotopic (exact) mass is 431 g/mol. The first-order valence-electron chi connectivity index (χ1n) is 10.8. The lowest BCUT2D eigenvalue weighted by molar-refractivity contribution is -0.119. The summed E-state index contributed by atoms with van der Waals surface area (Å²) in [6.07, 6.45) is 4.25. The molecule has 3 aliphatic rings. The number of nitrogens with one attached hydrogen (secondary N) is 2. The lowest BCUT2D eigenvalue weighted by atomic mass is 10.0. The van der Waals surface area contributed by atoms with E-state index in [2.05, 4.69) is 20.2 Å². The van der Waals surface area contributed by atoms with Gasteiger partial charge in [-0.1, -0.05) is 6.07 Å². The molecule has 1 saturated carbocycles. The van der Waals surface area contributed by atoms with Crippen LogP contribution >= 0.6 is 0 Å². The second-order valence-electron chi connectivity index (χ2n) is 8.70. The summed E-state index contributed by atoms with van der Waals surface area (Å²) in [5, 5.41) is 5.46. The topological polar surface area (TPSA) is 115 Å². The van der Waals surface area contributed by atoms with Crippen LogP contribution in [0.3, 0.4) is 0 Å². The second-order valence-corrected chi connectivity index (χ2v) is 8.70. The van der Waals surface area contributed by atoms with Crippen molar-refractivity contribution in [3.05, 3.63) is 36.2 Å². The number of amides is 2. The number of carbonyl (C=O) groups excluding carboxylic acids is 3. The highest BCUT2D eigenvalue weighted by Gasteiger charge is 2.32. The van der Waals surface area contributed by atoms with Gasteiger partial charge in [0.1, 0.15) is 11.6 Å². The molecule has 2 amide bonds. The molecule has 4 heterocycles. The van der Waals surface area contributed by atoms with Gasteiger partial charge in [0.2, 0.25) is 11.8 Å². The normalized spacial score (nSPS) is 20.9. The fourth-order valence-electron chi connectivity index (χ4n) is 4.42. The molecule has 2 aromatic heterocycles. The summed E-state index contributed by atoms with van der Waals surface area (Å²) < 4.78 is 8.46. The highest BCUT2D eigenvalue weighted by atomic mass is 16.5. The van der Waals surface area contributed by atoms with Crippen molar-refractivity contribution < 1.29 is 19.1 Å². The summed E-state index contributed by atoms with van der Waals surface area (Å²) >= 11 is 0. The molecular weight excluding hydrogens is 410 g/mol. The van der Waals surface area contributed by atoms with Crippen LogP contribution in [-0.2, 0) is 9.59 Å². The molecular formula is C23H21N5O4. The van der Waals surface area contributed by atoms with E-state index >= 15 is 0 Å². The molecule has 2 fully saturated rings. The Kier molecular flexibility index (Phi) is 4.08. The molecule has 162 valence electrons. The number of imidazole rings is 1. The molecule has 32 heavy (non-hydrogen) atoms. The molecule has 1 aliphatic carbocycles. The molecule has 3 aromatic rings. The molecule has 0 radical (unpaired) electrons. The van der Waals surface area contributed by atoms with E-state index in [1.54, 1.807) is 18.2 Å². The lowest BCUT2D eigenvalue weighted by Crippen LogP contribution is -2.26. The van der Waals surface area contributed by atoms with Crippen LogP contribution in [0.5, 0.6) is 5.88 Å². The number of pyridine rings is 1. The van der Waals surface area contributed by atoms with E-state index in [0.29, 0.717) is 41.8 Å². The number of hydrogen-bond acceptors (Lipinski definition) is 6. The Labute approximate surface area is 183 Å². The standard InChI is InChI=1S/C23H21N5O4/c1-11(13-7-19(29)24-9-13)32-23-20-18(25-10-28(20)14-3-4-14)8-16(27-23)12-2-5-15-17(6-12)26-22(31)21(15)30/h2,5-6,8,10-11,13-14H,3-4,7,9H2,1H3,(H,24,29)(H,26,30,31)/t11-,13?/m1/s1. The van der Waals surface area contributed by atoms with Crippen LogP contribution in [0.4, 0.5) is 5.69 Å². The Balaban J connectivity index is 1.42. The molecule has 2 aliphatic heterocycles. The van der Waals surface area contributed by atoms with Crippen molar-refractivity contribution in [3.63, 3.8) is 0 Å².